The number of aliphatic hydroxyl groups is 1. The highest BCUT2D eigenvalue weighted by Gasteiger charge is 2.13. The third kappa shape index (κ3) is 5.61. The van der Waals surface area contributed by atoms with Crippen LogP contribution >= 0.6 is 0 Å². The molecular formula is C12H25NO. The highest BCUT2D eigenvalue weighted by atomic mass is 16.2. The maximum absolute atomic E-state index is 8.58. The lowest BCUT2D eigenvalue weighted by Crippen LogP contribution is -2.17. The molecule has 0 aromatic heterocycles. The van der Waals surface area contributed by atoms with Crippen molar-refractivity contribution in [2.45, 2.75) is 51.4 Å². The van der Waals surface area contributed by atoms with Gasteiger partial charge in [0.25, 0.3) is 0 Å². The first-order valence-corrected chi connectivity index (χ1v) is 6.25. The summed E-state index contributed by atoms with van der Waals surface area (Å²) in [5.41, 5.74) is 0. The van der Waals surface area contributed by atoms with Crippen LogP contribution in [0.2, 0.25) is 0 Å². The molecule has 0 aliphatic heterocycles. The molecule has 84 valence electrons. The van der Waals surface area contributed by atoms with Crippen molar-refractivity contribution in [2.24, 2.45) is 5.92 Å². The van der Waals surface area contributed by atoms with Crippen LogP contribution in [0.15, 0.2) is 0 Å². The fraction of sp³-hybridized carbons (Fsp3) is 1.00. The predicted molar refractivity (Wildman–Crippen MR) is 60.4 cm³/mol. The third-order valence-corrected chi connectivity index (χ3v) is 3.20. The summed E-state index contributed by atoms with van der Waals surface area (Å²) in [6, 6.07) is 0. The van der Waals surface area contributed by atoms with Crippen LogP contribution in [0.25, 0.3) is 0 Å². The van der Waals surface area contributed by atoms with Crippen molar-refractivity contribution >= 4 is 0 Å². The molecule has 0 aromatic rings. The molecule has 0 unspecified atom stereocenters. The van der Waals surface area contributed by atoms with Crippen LogP contribution in [-0.2, 0) is 0 Å². The Bertz CT molecular complexity index is 121. The standard InChI is InChI=1S/C12H25NO/c14-11-4-3-9-13-10-5-8-12-6-1-2-7-12/h12-14H,1-11H2. The molecular weight excluding hydrogens is 174 g/mol. The average Bonchev–Trinajstić information content (AvgIpc) is 2.69. The fourth-order valence-electron chi connectivity index (χ4n) is 2.30. The summed E-state index contributed by atoms with van der Waals surface area (Å²) >= 11 is 0. The van der Waals surface area contributed by atoms with E-state index in [1.165, 1.54) is 45.1 Å². The molecule has 0 spiro atoms. The molecule has 1 aliphatic carbocycles. The Balaban J connectivity index is 1.75. The van der Waals surface area contributed by atoms with Crippen LogP contribution in [0.1, 0.15) is 51.4 Å². The third-order valence-electron chi connectivity index (χ3n) is 3.20. The van der Waals surface area contributed by atoms with Crippen LogP contribution in [0.4, 0.5) is 0 Å². The van der Waals surface area contributed by atoms with E-state index in [1.54, 1.807) is 0 Å². The van der Waals surface area contributed by atoms with E-state index in [0.29, 0.717) is 6.61 Å². The zero-order chi connectivity index (χ0) is 10.1. The SMILES string of the molecule is OCCCCNCCCC1CCCC1. The fourth-order valence-corrected chi connectivity index (χ4v) is 2.30. The van der Waals surface area contributed by atoms with Gasteiger partial charge in [-0.15, -0.1) is 0 Å². The summed E-state index contributed by atoms with van der Waals surface area (Å²) in [6.45, 7) is 2.58. The second-order valence-electron chi connectivity index (χ2n) is 4.47. The Morgan fingerprint density at radius 1 is 1.00 bits per heavy atom. The molecule has 14 heavy (non-hydrogen) atoms. The maximum atomic E-state index is 8.58. The summed E-state index contributed by atoms with van der Waals surface area (Å²) in [5, 5.41) is 12.0. The van der Waals surface area contributed by atoms with Gasteiger partial charge < -0.3 is 10.4 Å². The van der Waals surface area contributed by atoms with E-state index in [0.717, 1.165) is 25.3 Å². The minimum Gasteiger partial charge on any atom is -0.396 e. The predicted octanol–water partition coefficient (Wildman–Crippen LogP) is 2.32. The van der Waals surface area contributed by atoms with Gasteiger partial charge >= 0.3 is 0 Å². The van der Waals surface area contributed by atoms with E-state index in [4.69, 9.17) is 5.11 Å². The van der Waals surface area contributed by atoms with E-state index < -0.39 is 0 Å². The number of unbranched alkanes of at least 4 members (excludes halogenated alkanes) is 1. The van der Waals surface area contributed by atoms with E-state index in [-0.39, 0.29) is 0 Å². The van der Waals surface area contributed by atoms with Gasteiger partial charge in [-0.05, 0) is 44.7 Å². The van der Waals surface area contributed by atoms with E-state index in [9.17, 15) is 0 Å². The monoisotopic (exact) mass is 199 g/mol. The molecule has 1 saturated carbocycles. The molecule has 0 amide bonds. The summed E-state index contributed by atoms with van der Waals surface area (Å²) in [6.07, 6.45) is 10.7. The van der Waals surface area contributed by atoms with Crippen molar-refractivity contribution in [2.75, 3.05) is 19.7 Å². The van der Waals surface area contributed by atoms with Crippen molar-refractivity contribution in [1.29, 1.82) is 0 Å². The summed E-state index contributed by atoms with van der Waals surface area (Å²) in [4.78, 5) is 0. The molecule has 1 aliphatic rings. The van der Waals surface area contributed by atoms with Crippen molar-refractivity contribution in [1.82, 2.24) is 5.32 Å². The Labute approximate surface area is 88.1 Å². The zero-order valence-corrected chi connectivity index (χ0v) is 9.30. The van der Waals surface area contributed by atoms with Gasteiger partial charge in [-0.3, -0.25) is 0 Å². The average molecular weight is 199 g/mol. The van der Waals surface area contributed by atoms with E-state index >= 15 is 0 Å². The number of aliphatic hydroxyl groups excluding tert-OH is 1. The summed E-state index contributed by atoms with van der Waals surface area (Å²) in [5.74, 6) is 1.04. The van der Waals surface area contributed by atoms with Crippen molar-refractivity contribution in [3.8, 4) is 0 Å². The van der Waals surface area contributed by atoms with Crippen molar-refractivity contribution in [3.63, 3.8) is 0 Å². The zero-order valence-electron chi connectivity index (χ0n) is 9.30. The lowest BCUT2D eigenvalue weighted by Gasteiger charge is -2.08. The Morgan fingerprint density at radius 2 is 1.71 bits per heavy atom. The number of rotatable bonds is 8. The molecule has 2 N–H and O–H groups in total. The van der Waals surface area contributed by atoms with Gasteiger partial charge in [0.05, 0.1) is 0 Å². The Kier molecular flexibility index (Phi) is 7.06. The Morgan fingerprint density at radius 3 is 2.43 bits per heavy atom. The second-order valence-corrected chi connectivity index (χ2v) is 4.47. The number of hydrogen-bond acceptors (Lipinski definition) is 2. The first-order chi connectivity index (χ1) is 6.93. The van der Waals surface area contributed by atoms with Gasteiger partial charge in [-0.1, -0.05) is 25.7 Å². The lowest BCUT2D eigenvalue weighted by molar-refractivity contribution is 0.283. The highest BCUT2D eigenvalue weighted by molar-refractivity contribution is 4.67. The topological polar surface area (TPSA) is 32.3 Å². The molecule has 0 radical (unpaired) electrons. The Hall–Kier alpha value is -0.0800. The van der Waals surface area contributed by atoms with E-state index in [2.05, 4.69) is 5.32 Å². The minimum absolute atomic E-state index is 0.337. The van der Waals surface area contributed by atoms with Crippen LogP contribution in [0, 0.1) is 5.92 Å². The van der Waals surface area contributed by atoms with Gasteiger partial charge in [0.1, 0.15) is 0 Å². The molecule has 2 heteroatoms. The summed E-state index contributed by atoms with van der Waals surface area (Å²) in [7, 11) is 0. The maximum Gasteiger partial charge on any atom is 0.0431 e. The van der Waals surface area contributed by atoms with Gasteiger partial charge in [-0.25, -0.2) is 0 Å². The first-order valence-electron chi connectivity index (χ1n) is 6.25. The normalized spacial score (nSPS) is 17.8. The summed E-state index contributed by atoms with van der Waals surface area (Å²) < 4.78 is 0. The molecule has 1 rings (SSSR count). The van der Waals surface area contributed by atoms with Gasteiger partial charge in [0, 0.05) is 6.61 Å². The molecule has 0 bridgehead atoms. The molecule has 2 nitrogen and oxygen atoms in total. The molecule has 0 saturated heterocycles. The largest absolute Gasteiger partial charge is 0.396 e. The molecule has 1 fully saturated rings. The van der Waals surface area contributed by atoms with Crippen molar-refractivity contribution < 1.29 is 5.11 Å². The molecule has 0 aromatic carbocycles. The van der Waals surface area contributed by atoms with Gasteiger partial charge in [0.15, 0.2) is 0 Å². The smallest absolute Gasteiger partial charge is 0.0431 e. The lowest BCUT2D eigenvalue weighted by atomic mass is 10.0. The van der Waals surface area contributed by atoms with Crippen molar-refractivity contribution in [3.05, 3.63) is 0 Å². The van der Waals surface area contributed by atoms with Gasteiger partial charge in [-0.2, -0.15) is 0 Å². The molecule has 0 heterocycles. The van der Waals surface area contributed by atoms with Crippen LogP contribution in [0.5, 0.6) is 0 Å². The minimum atomic E-state index is 0.337. The number of hydrogen-bond donors (Lipinski definition) is 2. The van der Waals surface area contributed by atoms with Crippen LogP contribution < -0.4 is 5.32 Å². The quantitative estimate of drug-likeness (QED) is 0.588. The number of nitrogens with one attached hydrogen (secondary N) is 1. The molecule has 0 atom stereocenters. The van der Waals surface area contributed by atoms with Crippen LogP contribution in [-0.4, -0.2) is 24.8 Å². The van der Waals surface area contributed by atoms with E-state index in [1.807, 2.05) is 0 Å². The van der Waals surface area contributed by atoms with Gasteiger partial charge in [0.2, 0.25) is 0 Å². The first kappa shape index (κ1) is 12.0. The highest BCUT2D eigenvalue weighted by Crippen LogP contribution is 2.28. The second kappa shape index (κ2) is 8.25. The van der Waals surface area contributed by atoms with Crippen LogP contribution in [0.3, 0.4) is 0 Å².